The number of nitrogens with two attached hydrogens (primary N) is 2. The third kappa shape index (κ3) is 7.36. The second-order valence-electron chi connectivity index (χ2n) is 12.4. The van der Waals surface area contributed by atoms with Crippen molar-refractivity contribution in [2.75, 3.05) is 20.1 Å². The Morgan fingerprint density at radius 3 is 2.41 bits per heavy atom. The first-order valence-electron chi connectivity index (χ1n) is 14.2. The van der Waals surface area contributed by atoms with Gasteiger partial charge in [-0.1, -0.05) is 27.7 Å². The van der Waals surface area contributed by atoms with Crippen molar-refractivity contribution in [3.63, 3.8) is 0 Å². The maximum absolute atomic E-state index is 13.6. The van der Waals surface area contributed by atoms with E-state index in [1.54, 1.807) is 7.05 Å². The lowest BCUT2D eigenvalue weighted by Gasteiger charge is -2.64. The van der Waals surface area contributed by atoms with Crippen molar-refractivity contribution < 1.29 is 23.7 Å². The van der Waals surface area contributed by atoms with E-state index in [2.05, 4.69) is 60.9 Å². The second kappa shape index (κ2) is 12.8. The number of carbonyl (C=O) groups excluding carboxylic acids is 3. The van der Waals surface area contributed by atoms with Crippen molar-refractivity contribution in [2.45, 2.75) is 96.8 Å². The van der Waals surface area contributed by atoms with Gasteiger partial charge in [-0.25, -0.2) is 4.79 Å². The molecule has 8 N–H and O–H groups in total. The summed E-state index contributed by atoms with van der Waals surface area (Å²) in [5, 5.41) is 11.3. The molecular weight excluding hydrogens is 501 g/mol. The number of urea groups is 1. The minimum absolute atomic E-state index is 0.00303. The first-order valence-corrected chi connectivity index (χ1v) is 14.2. The van der Waals surface area contributed by atoms with Gasteiger partial charge in [0.2, 0.25) is 11.8 Å². The lowest BCUT2D eigenvalue weighted by atomic mass is 9.43. The highest BCUT2D eigenvalue weighted by molar-refractivity contribution is 6.48. The van der Waals surface area contributed by atoms with Crippen molar-refractivity contribution in [3.8, 4) is 0 Å². The third-order valence-electron chi connectivity index (χ3n) is 8.87. The first kappa shape index (κ1) is 31.0. The molecule has 3 saturated carbocycles. The van der Waals surface area contributed by atoms with Gasteiger partial charge in [0.25, 0.3) is 0 Å². The molecule has 0 aromatic rings. The molecule has 220 valence electrons. The molecule has 1 aliphatic heterocycles. The highest BCUT2D eigenvalue weighted by Crippen LogP contribution is 2.65. The van der Waals surface area contributed by atoms with E-state index in [1.807, 2.05) is 0 Å². The number of amides is 4. The molecule has 4 fully saturated rings. The smallest absolute Gasteiger partial charge is 0.404 e. The Labute approximate surface area is 232 Å². The van der Waals surface area contributed by atoms with E-state index >= 15 is 0 Å². The Morgan fingerprint density at radius 1 is 1.08 bits per heavy atom. The predicted octanol–water partition coefficient (Wildman–Crippen LogP) is 0.642. The van der Waals surface area contributed by atoms with Gasteiger partial charge >= 0.3 is 13.1 Å². The van der Waals surface area contributed by atoms with Crippen molar-refractivity contribution in [2.24, 2.45) is 39.6 Å². The number of nitrogens with zero attached hydrogens (tertiary/aromatic N) is 1. The van der Waals surface area contributed by atoms with Gasteiger partial charge in [-0.2, -0.15) is 0 Å². The van der Waals surface area contributed by atoms with Crippen LogP contribution in [0.1, 0.15) is 73.1 Å². The Bertz CT molecular complexity index is 932. The topological polar surface area (TPSA) is 182 Å². The summed E-state index contributed by atoms with van der Waals surface area (Å²) in [7, 11) is 1.03. The van der Waals surface area contributed by atoms with Gasteiger partial charge in [0.1, 0.15) is 6.04 Å². The first-order chi connectivity index (χ1) is 18.3. The highest BCUT2D eigenvalue weighted by atomic mass is 16.7. The SMILES string of the molecule is CN=C(N)NCCC[C@H](NC(=O)CCNC(N)=O)C(=O)N[C@@H](CC(C)C)B1O[C@@H]2C[C@@H]3C[C@@H](C3(C)C)[C@]2(C)O1. The van der Waals surface area contributed by atoms with Crippen LogP contribution in [0.25, 0.3) is 0 Å². The molecule has 4 aliphatic rings. The summed E-state index contributed by atoms with van der Waals surface area (Å²) >= 11 is 0. The third-order valence-corrected chi connectivity index (χ3v) is 8.87. The molecule has 2 bridgehead atoms. The number of aliphatic imine (C=N–C) groups is 1. The van der Waals surface area contributed by atoms with Crippen LogP contribution in [-0.4, -0.2) is 74.7 Å². The molecule has 6 atom stereocenters. The van der Waals surface area contributed by atoms with Gasteiger partial charge in [-0.05, 0) is 62.2 Å². The monoisotopic (exact) mass is 549 g/mol. The normalized spacial score (nSPS) is 28.6. The van der Waals surface area contributed by atoms with Gasteiger partial charge in [0.05, 0.1) is 17.6 Å². The minimum atomic E-state index is -0.784. The zero-order valence-electron chi connectivity index (χ0n) is 24.3. The molecule has 4 amide bonds. The Morgan fingerprint density at radius 2 is 1.79 bits per heavy atom. The fraction of sp³-hybridized carbons (Fsp3) is 0.846. The standard InChI is InChI=1S/C26H48BN7O5/c1-15(2)12-20(27-38-19-14-16-13-18(25(16,3)4)26(19,5)39-27)34-22(36)17(8-7-10-31-23(28)30-6)33-21(35)9-11-32-24(29)37/h15-20H,7-14H2,1-6H3,(H,33,35)(H,34,36)(H3,28,30,31)(H3,29,32,37)/t16-,17-,18-,19+,20-,26-/m0/s1. The van der Waals surface area contributed by atoms with E-state index < -0.39 is 19.2 Å². The second-order valence-corrected chi connectivity index (χ2v) is 12.4. The van der Waals surface area contributed by atoms with Crippen molar-refractivity contribution >= 4 is 30.9 Å². The largest absolute Gasteiger partial charge is 0.481 e. The summed E-state index contributed by atoms with van der Waals surface area (Å²) in [5.74, 6) is 0.619. The number of guanidine groups is 1. The average Bonchev–Trinajstić information content (AvgIpc) is 3.21. The number of nitrogens with one attached hydrogen (secondary N) is 4. The molecule has 1 saturated heterocycles. The molecule has 39 heavy (non-hydrogen) atoms. The lowest BCUT2D eigenvalue weighted by Crippen LogP contribution is -2.65. The lowest BCUT2D eigenvalue weighted by molar-refractivity contribution is -0.199. The zero-order chi connectivity index (χ0) is 29.0. The highest BCUT2D eigenvalue weighted by Gasteiger charge is 2.68. The number of rotatable bonds is 13. The van der Waals surface area contributed by atoms with E-state index in [1.165, 1.54) is 0 Å². The Balaban J connectivity index is 1.67. The van der Waals surface area contributed by atoms with Crippen LogP contribution in [0.4, 0.5) is 4.79 Å². The molecule has 12 nitrogen and oxygen atoms in total. The van der Waals surface area contributed by atoms with Crippen LogP contribution in [0.2, 0.25) is 0 Å². The zero-order valence-corrected chi connectivity index (χ0v) is 24.3. The Hall–Kier alpha value is -2.54. The van der Waals surface area contributed by atoms with Crippen molar-refractivity contribution in [1.82, 2.24) is 21.3 Å². The molecular formula is C26H48BN7O5. The summed E-state index contributed by atoms with van der Waals surface area (Å²) in [6.45, 7) is 11.6. The van der Waals surface area contributed by atoms with Crippen molar-refractivity contribution in [3.05, 3.63) is 0 Å². The fourth-order valence-electron chi connectivity index (χ4n) is 6.54. The van der Waals surface area contributed by atoms with Gasteiger partial charge in [-0.15, -0.1) is 0 Å². The number of hydrogen-bond donors (Lipinski definition) is 6. The summed E-state index contributed by atoms with van der Waals surface area (Å²) < 4.78 is 13.1. The average molecular weight is 550 g/mol. The van der Waals surface area contributed by atoms with E-state index in [9.17, 15) is 14.4 Å². The van der Waals surface area contributed by atoms with Crippen LogP contribution in [0.3, 0.4) is 0 Å². The quantitative estimate of drug-likeness (QED) is 0.0843. The maximum atomic E-state index is 13.6. The number of carbonyl (C=O) groups is 3. The molecule has 3 aliphatic carbocycles. The molecule has 0 aromatic heterocycles. The Kier molecular flexibility index (Phi) is 10.1. The van der Waals surface area contributed by atoms with E-state index in [4.69, 9.17) is 20.8 Å². The molecule has 13 heteroatoms. The molecule has 0 spiro atoms. The van der Waals surface area contributed by atoms with Crippen LogP contribution in [0.15, 0.2) is 4.99 Å². The summed E-state index contributed by atoms with van der Waals surface area (Å²) in [5.41, 5.74) is 10.6. The van der Waals surface area contributed by atoms with Gasteiger partial charge < -0.3 is 42.0 Å². The predicted molar refractivity (Wildman–Crippen MR) is 150 cm³/mol. The fourth-order valence-corrected chi connectivity index (χ4v) is 6.54. The summed E-state index contributed by atoms with van der Waals surface area (Å²) in [6.07, 6.45) is 3.75. The van der Waals surface area contributed by atoms with Gasteiger partial charge in [0.15, 0.2) is 5.96 Å². The van der Waals surface area contributed by atoms with Crippen LogP contribution < -0.4 is 32.7 Å². The molecule has 0 unspecified atom stereocenters. The number of hydrogen-bond acceptors (Lipinski definition) is 6. The van der Waals surface area contributed by atoms with Crippen LogP contribution in [0, 0.1) is 23.2 Å². The van der Waals surface area contributed by atoms with Crippen molar-refractivity contribution in [1.29, 1.82) is 0 Å². The van der Waals surface area contributed by atoms with Crippen LogP contribution >= 0.6 is 0 Å². The maximum Gasteiger partial charge on any atom is 0.481 e. The summed E-state index contributed by atoms with van der Waals surface area (Å²) in [4.78, 5) is 40.9. The molecule has 4 rings (SSSR count). The molecule has 0 aromatic carbocycles. The van der Waals surface area contributed by atoms with E-state index in [-0.39, 0.29) is 53.8 Å². The minimum Gasteiger partial charge on any atom is -0.404 e. The van der Waals surface area contributed by atoms with E-state index in [0.29, 0.717) is 43.6 Å². The molecule has 0 radical (unpaired) electrons. The van der Waals surface area contributed by atoms with Gasteiger partial charge in [-0.3, -0.25) is 14.6 Å². The van der Waals surface area contributed by atoms with Crippen LogP contribution in [0.5, 0.6) is 0 Å². The number of primary amides is 1. The van der Waals surface area contributed by atoms with Crippen LogP contribution in [-0.2, 0) is 18.9 Å². The van der Waals surface area contributed by atoms with Gasteiger partial charge in [0, 0.05) is 26.6 Å². The molecule has 1 heterocycles. The van der Waals surface area contributed by atoms with E-state index in [0.717, 1.165) is 12.8 Å². The summed E-state index contributed by atoms with van der Waals surface area (Å²) in [6, 6.07) is -1.49.